The van der Waals surface area contributed by atoms with Gasteiger partial charge in [0, 0.05) is 49.4 Å². The third-order valence-corrected chi connectivity index (χ3v) is 18.3. The van der Waals surface area contributed by atoms with E-state index in [4.69, 9.17) is 8.83 Å². The minimum atomic E-state index is -0.888. The molecule has 0 unspecified atom stereocenters. The van der Waals surface area contributed by atoms with Gasteiger partial charge in [-0.3, -0.25) is 0 Å². The highest BCUT2D eigenvalue weighted by Gasteiger charge is 2.54. The van der Waals surface area contributed by atoms with Crippen LogP contribution in [0.25, 0.3) is 76.5 Å². The van der Waals surface area contributed by atoms with Gasteiger partial charge in [0.25, 0.3) is 0 Å². The lowest BCUT2D eigenvalue weighted by Crippen LogP contribution is -2.36. The van der Waals surface area contributed by atoms with Crippen LogP contribution >= 0.6 is 0 Å². The van der Waals surface area contributed by atoms with Gasteiger partial charge in [0.1, 0.15) is 11.2 Å². The van der Waals surface area contributed by atoms with Crippen LogP contribution in [0.15, 0.2) is 270 Å². The molecule has 398 valence electrons. The Morgan fingerprint density at radius 1 is 0.274 bits per heavy atom. The highest BCUT2D eigenvalue weighted by Crippen LogP contribution is 2.67. The smallest absolute Gasteiger partial charge is 0.159 e. The highest BCUT2D eigenvalue weighted by atomic mass is 16.3. The number of para-hydroxylation sites is 9. The number of benzene rings is 13. The van der Waals surface area contributed by atoms with Crippen LogP contribution in [0.5, 0.6) is 0 Å². The quantitative estimate of drug-likeness (QED) is 0.159. The van der Waals surface area contributed by atoms with Crippen molar-refractivity contribution in [3.63, 3.8) is 0 Å². The molecule has 0 fully saturated rings. The van der Waals surface area contributed by atoms with Crippen LogP contribution in [0.1, 0.15) is 44.5 Å². The molecule has 1 spiro atoms. The van der Waals surface area contributed by atoms with Crippen LogP contribution in [-0.4, -0.2) is 0 Å². The number of rotatable bonds is 7. The molecule has 13 aromatic carbocycles. The monoisotopic (exact) mass is 1080 g/mol. The van der Waals surface area contributed by atoms with E-state index in [-0.39, 0.29) is 0 Å². The molecule has 0 bridgehead atoms. The Hall–Kier alpha value is -10.6. The number of aryl methyl sites for hydroxylation is 4. The van der Waals surface area contributed by atoms with Crippen LogP contribution in [0.2, 0.25) is 0 Å². The summed E-state index contributed by atoms with van der Waals surface area (Å²) in [6.45, 7) is 8.74. The predicted molar refractivity (Wildman–Crippen MR) is 350 cm³/mol. The first-order valence-electron chi connectivity index (χ1n) is 29.1. The van der Waals surface area contributed by atoms with Crippen molar-refractivity contribution >= 4 is 117 Å². The van der Waals surface area contributed by atoms with Crippen molar-refractivity contribution in [3.8, 4) is 11.1 Å². The third-order valence-electron chi connectivity index (χ3n) is 18.3. The Labute approximate surface area is 487 Å². The summed E-state index contributed by atoms with van der Waals surface area (Å²) < 4.78 is 14.3. The maximum absolute atomic E-state index is 7.15. The molecule has 2 aromatic heterocycles. The molecule has 0 saturated heterocycles. The van der Waals surface area contributed by atoms with Crippen molar-refractivity contribution in [2.24, 2.45) is 0 Å². The van der Waals surface area contributed by atoms with E-state index >= 15 is 0 Å². The molecule has 5 nitrogen and oxygen atoms in total. The number of anilines is 9. The zero-order chi connectivity index (χ0) is 55.9. The van der Waals surface area contributed by atoms with Crippen LogP contribution < -0.4 is 14.7 Å². The van der Waals surface area contributed by atoms with E-state index in [1.54, 1.807) is 0 Å². The zero-order valence-electron chi connectivity index (χ0n) is 47.0. The molecule has 84 heavy (non-hydrogen) atoms. The van der Waals surface area contributed by atoms with E-state index in [9.17, 15) is 0 Å². The fraction of sp³-hybridized carbons (Fsp3) is 0.0633. The minimum Gasteiger partial charge on any atom is -0.454 e. The highest BCUT2D eigenvalue weighted by molar-refractivity contribution is 6.21. The lowest BCUT2D eigenvalue weighted by Gasteiger charge is -2.45. The van der Waals surface area contributed by atoms with E-state index in [0.717, 1.165) is 128 Å². The Balaban J connectivity index is 1.05. The number of hydrogen-bond donors (Lipinski definition) is 0. The average Bonchev–Trinajstić information content (AvgIpc) is 1.48. The second-order valence-electron chi connectivity index (χ2n) is 22.8. The maximum Gasteiger partial charge on any atom is 0.159 e. The summed E-state index contributed by atoms with van der Waals surface area (Å²) in [6.07, 6.45) is 0. The predicted octanol–water partition coefficient (Wildman–Crippen LogP) is 22.1. The van der Waals surface area contributed by atoms with Crippen LogP contribution in [0.3, 0.4) is 0 Å². The Kier molecular flexibility index (Phi) is 10.4. The standard InChI is InChI=1S/C79H55N3O2/c1-48-24-8-16-40-65(48)81(69-44-22-36-59-57-34-20-26-50(3)75(57)83-77(59)69)71-46-63-73(55-32-12-10-30-53(55)71)74-56-33-13-11-31-54(56)72(82(66-41-17-9-25-49(66)2)70-45-23-37-60-58-35-21-27-51(4)76(58)84-78(60)70)47-64(74)79(63)61-38-14-18-42-67(61)80(52-28-6-5-7-29-52)68-43-19-15-39-62(68)79/h5-47H,1-4H3. The number of hydrogen-bond acceptors (Lipinski definition) is 5. The molecule has 15 aromatic rings. The average molecular weight is 1080 g/mol. The number of furan rings is 2. The molecule has 0 radical (unpaired) electrons. The Morgan fingerprint density at radius 2 is 0.619 bits per heavy atom. The third kappa shape index (κ3) is 6.60. The van der Waals surface area contributed by atoms with Gasteiger partial charge in [-0.2, -0.15) is 0 Å². The SMILES string of the molecule is Cc1ccccc1N(c1cc2c(c3ccccc13)-c1c(cc(N(c3ccccc3C)c3cccc4c3oc3c(C)cccc34)c3ccccc13)C21c2ccccc2N(c2ccccc2)c2ccccc21)c1cccc2c1oc1c(C)cccc12. The molecule has 0 saturated carbocycles. The molecule has 0 N–H and O–H groups in total. The molecule has 1 aliphatic carbocycles. The topological polar surface area (TPSA) is 36.0 Å². The number of nitrogens with zero attached hydrogens (tertiary/aromatic N) is 3. The van der Waals surface area contributed by atoms with Crippen molar-refractivity contribution in [1.82, 2.24) is 0 Å². The second-order valence-corrected chi connectivity index (χ2v) is 22.8. The maximum atomic E-state index is 7.15. The summed E-state index contributed by atoms with van der Waals surface area (Å²) >= 11 is 0. The summed E-state index contributed by atoms with van der Waals surface area (Å²) in [5, 5.41) is 9.00. The van der Waals surface area contributed by atoms with E-state index < -0.39 is 5.41 Å². The summed E-state index contributed by atoms with van der Waals surface area (Å²) in [5.41, 5.74) is 24.0. The first-order chi connectivity index (χ1) is 41.4. The van der Waals surface area contributed by atoms with E-state index in [1.165, 1.54) is 44.2 Å². The van der Waals surface area contributed by atoms with Gasteiger partial charge in [-0.1, -0.05) is 200 Å². The normalized spacial score (nSPS) is 13.1. The van der Waals surface area contributed by atoms with E-state index in [2.05, 4.69) is 303 Å². The Bertz CT molecular complexity index is 4930. The molecular weight excluding hydrogens is 1020 g/mol. The molecule has 3 heterocycles. The van der Waals surface area contributed by atoms with Gasteiger partial charge >= 0.3 is 0 Å². The molecule has 1 aliphatic heterocycles. The molecule has 5 heteroatoms. The Morgan fingerprint density at radius 3 is 1.08 bits per heavy atom. The van der Waals surface area contributed by atoms with Crippen molar-refractivity contribution < 1.29 is 8.83 Å². The van der Waals surface area contributed by atoms with E-state index in [1.807, 2.05) is 0 Å². The zero-order valence-corrected chi connectivity index (χ0v) is 47.0. The summed E-state index contributed by atoms with van der Waals surface area (Å²) in [7, 11) is 0. The van der Waals surface area contributed by atoms with Gasteiger partial charge in [0.05, 0.1) is 39.5 Å². The summed E-state index contributed by atoms with van der Waals surface area (Å²) in [4.78, 5) is 7.46. The minimum absolute atomic E-state index is 0.848. The molecule has 2 aliphatic rings. The van der Waals surface area contributed by atoms with Crippen LogP contribution in [0, 0.1) is 27.7 Å². The van der Waals surface area contributed by atoms with Gasteiger partial charge < -0.3 is 23.5 Å². The summed E-state index contributed by atoms with van der Waals surface area (Å²) in [5.74, 6) is 0. The van der Waals surface area contributed by atoms with E-state index in [0.29, 0.717) is 0 Å². The van der Waals surface area contributed by atoms with Crippen molar-refractivity contribution in [2.45, 2.75) is 33.1 Å². The van der Waals surface area contributed by atoms with Gasteiger partial charge in [0.15, 0.2) is 11.2 Å². The van der Waals surface area contributed by atoms with Crippen molar-refractivity contribution in [2.75, 3.05) is 14.7 Å². The molecule has 17 rings (SSSR count). The fourth-order valence-electron chi connectivity index (χ4n) is 14.7. The van der Waals surface area contributed by atoms with Gasteiger partial charge in [-0.05, 0) is 155 Å². The van der Waals surface area contributed by atoms with Gasteiger partial charge in [-0.15, -0.1) is 0 Å². The van der Waals surface area contributed by atoms with Gasteiger partial charge in [-0.25, -0.2) is 0 Å². The first-order valence-corrected chi connectivity index (χ1v) is 29.1. The second kappa shape index (κ2) is 18.2. The van der Waals surface area contributed by atoms with Crippen molar-refractivity contribution in [1.29, 1.82) is 0 Å². The van der Waals surface area contributed by atoms with Gasteiger partial charge in [0.2, 0.25) is 0 Å². The lowest BCUT2D eigenvalue weighted by atomic mass is 9.64. The largest absolute Gasteiger partial charge is 0.454 e. The van der Waals surface area contributed by atoms with Crippen LogP contribution in [0.4, 0.5) is 51.2 Å². The van der Waals surface area contributed by atoms with Crippen LogP contribution in [-0.2, 0) is 5.41 Å². The lowest BCUT2D eigenvalue weighted by molar-refractivity contribution is 0.665. The molecule has 0 amide bonds. The fourth-order valence-corrected chi connectivity index (χ4v) is 14.7. The molecule has 0 atom stereocenters. The van der Waals surface area contributed by atoms with Crippen molar-refractivity contribution in [3.05, 3.63) is 305 Å². The number of fused-ring (bicyclic) bond motifs is 19. The first kappa shape index (κ1) is 48.1. The summed E-state index contributed by atoms with van der Waals surface area (Å²) in [6, 6.07) is 96.4. The molecular formula is C79H55N3O2.